The van der Waals surface area contributed by atoms with Crippen molar-refractivity contribution in [1.29, 1.82) is 0 Å². The van der Waals surface area contributed by atoms with Crippen LogP contribution in [0.4, 0.5) is 5.95 Å². The molecular weight excluding hydrogens is 322 g/mol. The van der Waals surface area contributed by atoms with E-state index < -0.39 is 0 Å². The molecule has 24 heavy (non-hydrogen) atoms. The number of hydrogen-bond donors (Lipinski definition) is 1. The predicted molar refractivity (Wildman–Crippen MR) is 98.3 cm³/mol. The van der Waals surface area contributed by atoms with Crippen molar-refractivity contribution < 1.29 is 0 Å². The number of halogens is 1. The van der Waals surface area contributed by atoms with Crippen LogP contribution in [0.1, 0.15) is 32.1 Å². The Bertz CT molecular complexity index is 665. The summed E-state index contributed by atoms with van der Waals surface area (Å²) in [5, 5.41) is 12.4. The van der Waals surface area contributed by atoms with Crippen LogP contribution in [-0.4, -0.2) is 46.3 Å². The number of benzene rings is 1. The zero-order chi connectivity index (χ0) is 17.0. The first-order valence-corrected chi connectivity index (χ1v) is 8.84. The van der Waals surface area contributed by atoms with Crippen LogP contribution in [0.25, 0.3) is 11.3 Å². The van der Waals surface area contributed by atoms with E-state index in [1.54, 1.807) is 6.20 Å². The van der Waals surface area contributed by atoms with Gasteiger partial charge < -0.3 is 10.2 Å². The van der Waals surface area contributed by atoms with Gasteiger partial charge in [0, 0.05) is 22.7 Å². The minimum atomic E-state index is 0.178. The Morgan fingerprint density at radius 3 is 2.50 bits per heavy atom. The molecule has 1 aromatic carbocycles. The summed E-state index contributed by atoms with van der Waals surface area (Å²) in [7, 11) is 4.33. The number of hydrogen-bond acceptors (Lipinski definition) is 5. The maximum absolute atomic E-state index is 5.95. The van der Waals surface area contributed by atoms with Crippen molar-refractivity contribution in [2.24, 2.45) is 0 Å². The van der Waals surface area contributed by atoms with Gasteiger partial charge in [0.05, 0.1) is 11.9 Å². The van der Waals surface area contributed by atoms with Crippen LogP contribution in [0.15, 0.2) is 30.5 Å². The average molecular weight is 346 g/mol. The lowest BCUT2D eigenvalue weighted by molar-refractivity contribution is 0.113. The molecular formula is C18H24ClN5. The molecule has 5 nitrogen and oxygen atoms in total. The van der Waals surface area contributed by atoms with E-state index in [1.807, 2.05) is 24.3 Å². The molecule has 1 fully saturated rings. The number of nitrogens with zero attached hydrogens (tertiary/aromatic N) is 4. The van der Waals surface area contributed by atoms with E-state index in [9.17, 15) is 0 Å². The normalized spacial score (nSPS) is 17.0. The van der Waals surface area contributed by atoms with Crippen molar-refractivity contribution >= 4 is 17.5 Å². The number of aromatic nitrogens is 3. The van der Waals surface area contributed by atoms with Crippen LogP contribution in [0, 0.1) is 0 Å². The molecule has 1 saturated carbocycles. The second-order valence-electron chi connectivity index (χ2n) is 6.71. The number of nitrogens with one attached hydrogen (secondary N) is 1. The second-order valence-corrected chi connectivity index (χ2v) is 7.14. The number of anilines is 1. The van der Waals surface area contributed by atoms with Crippen LogP contribution in [0.2, 0.25) is 5.02 Å². The monoisotopic (exact) mass is 345 g/mol. The van der Waals surface area contributed by atoms with Gasteiger partial charge in [-0.15, -0.1) is 5.10 Å². The summed E-state index contributed by atoms with van der Waals surface area (Å²) in [6.07, 6.45) is 7.98. The fourth-order valence-corrected chi connectivity index (χ4v) is 3.50. The lowest BCUT2D eigenvalue weighted by Crippen LogP contribution is -2.51. The fourth-order valence-electron chi connectivity index (χ4n) is 3.37. The van der Waals surface area contributed by atoms with Crippen LogP contribution >= 0.6 is 11.6 Å². The van der Waals surface area contributed by atoms with E-state index in [0.717, 1.165) is 17.8 Å². The molecule has 0 radical (unpaired) electrons. The topological polar surface area (TPSA) is 53.9 Å². The molecule has 0 aliphatic heterocycles. The van der Waals surface area contributed by atoms with Crippen molar-refractivity contribution in [2.75, 3.05) is 26.0 Å². The SMILES string of the molecule is CN(C)C1(CNc2nncc(-c3ccc(Cl)cc3)n2)CCCCC1. The standard InChI is InChI=1S/C18H24ClN5/c1-24(2)18(10-4-3-5-11-18)13-20-17-22-16(12-21-23-17)14-6-8-15(19)9-7-14/h6-9,12H,3-5,10-11,13H2,1-2H3,(H,20,22,23). The summed E-state index contributed by atoms with van der Waals surface area (Å²) < 4.78 is 0. The van der Waals surface area contributed by atoms with Crippen LogP contribution < -0.4 is 5.32 Å². The van der Waals surface area contributed by atoms with Crippen LogP contribution in [0.5, 0.6) is 0 Å². The summed E-state index contributed by atoms with van der Waals surface area (Å²) in [6, 6.07) is 7.60. The highest BCUT2D eigenvalue weighted by Crippen LogP contribution is 2.32. The van der Waals surface area contributed by atoms with Crippen molar-refractivity contribution in [1.82, 2.24) is 20.1 Å². The third-order valence-corrected chi connectivity index (χ3v) is 5.26. The molecule has 1 aliphatic rings. The van der Waals surface area contributed by atoms with E-state index in [1.165, 1.54) is 32.1 Å². The largest absolute Gasteiger partial charge is 0.351 e. The zero-order valence-electron chi connectivity index (χ0n) is 14.3. The molecule has 0 spiro atoms. The zero-order valence-corrected chi connectivity index (χ0v) is 15.1. The highest BCUT2D eigenvalue weighted by atomic mass is 35.5. The Morgan fingerprint density at radius 1 is 1.12 bits per heavy atom. The molecule has 0 unspecified atom stereocenters. The summed E-state index contributed by atoms with van der Waals surface area (Å²) in [6.45, 7) is 0.839. The van der Waals surface area contributed by atoms with Crippen molar-refractivity contribution in [3.63, 3.8) is 0 Å². The smallest absolute Gasteiger partial charge is 0.243 e. The first-order chi connectivity index (χ1) is 11.6. The maximum atomic E-state index is 5.95. The Kier molecular flexibility index (Phi) is 5.31. The summed E-state index contributed by atoms with van der Waals surface area (Å²) in [5.41, 5.74) is 1.96. The lowest BCUT2D eigenvalue weighted by atomic mass is 9.80. The highest BCUT2D eigenvalue weighted by molar-refractivity contribution is 6.30. The number of likely N-dealkylation sites (N-methyl/N-ethyl adjacent to an activating group) is 1. The van der Waals surface area contributed by atoms with Gasteiger partial charge >= 0.3 is 0 Å². The van der Waals surface area contributed by atoms with Gasteiger partial charge in [-0.3, -0.25) is 0 Å². The van der Waals surface area contributed by atoms with Gasteiger partial charge in [0.2, 0.25) is 5.95 Å². The van der Waals surface area contributed by atoms with E-state index in [2.05, 4.69) is 39.5 Å². The Labute approximate surface area is 148 Å². The molecule has 0 atom stereocenters. The molecule has 0 bridgehead atoms. The summed E-state index contributed by atoms with van der Waals surface area (Å²) >= 11 is 5.95. The molecule has 2 aromatic rings. The quantitative estimate of drug-likeness (QED) is 0.891. The van der Waals surface area contributed by atoms with Gasteiger partial charge in [0.15, 0.2) is 0 Å². The molecule has 0 amide bonds. The molecule has 1 aromatic heterocycles. The first kappa shape index (κ1) is 17.1. The van der Waals surface area contributed by atoms with Crippen molar-refractivity contribution in [3.8, 4) is 11.3 Å². The van der Waals surface area contributed by atoms with Crippen LogP contribution in [0.3, 0.4) is 0 Å². The van der Waals surface area contributed by atoms with Gasteiger partial charge in [-0.1, -0.05) is 43.0 Å². The summed E-state index contributed by atoms with van der Waals surface area (Å²) in [4.78, 5) is 6.94. The second kappa shape index (κ2) is 7.45. The lowest BCUT2D eigenvalue weighted by Gasteiger charge is -2.43. The molecule has 1 aliphatic carbocycles. The Balaban J connectivity index is 1.73. The molecule has 0 saturated heterocycles. The van der Waals surface area contributed by atoms with Gasteiger partial charge in [0.25, 0.3) is 0 Å². The first-order valence-electron chi connectivity index (χ1n) is 8.46. The van der Waals surface area contributed by atoms with Gasteiger partial charge in [-0.05, 0) is 39.1 Å². The molecule has 6 heteroatoms. The molecule has 128 valence electrons. The molecule has 1 heterocycles. The van der Waals surface area contributed by atoms with E-state index in [-0.39, 0.29) is 5.54 Å². The minimum Gasteiger partial charge on any atom is -0.351 e. The van der Waals surface area contributed by atoms with Crippen molar-refractivity contribution in [3.05, 3.63) is 35.5 Å². The third kappa shape index (κ3) is 3.84. The predicted octanol–water partition coefficient (Wildman–Crippen LogP) is 3.87. The minimum absolute atomic E-state index is 0.178. The van der Waals surface area contributed by atoms with E-state index in [0.29, 0.717) is 11.0 Å². The molecule has 3 rings (SSSR count). The van der Waals surface area contributed by atoms with E-state index in [4.69, 9.17) is 11.6 Å². The van der Waals surface area contributed by atoms with Gasteiger partial charge in [-0.25, -0.2) is 4.98 Å². The highest BCUT2D eigenvalue weighted by Gasteiger charge is 2.34. The molecule has 1 N–H and O–H groups in total. The third-order valence-electron chi connectivity index (χ3n) is 5.01. The Morgan fingerprint density at radius 2 is 1.83 bits per heavy atom. The van der Waals surface area contributed by atoms with Gasteiger partial charge in [0.1, 0.15) is 0 Å². The Hall–Kier alpha value is -1.72. The maximum Gasteiger partial charge on any atom is 0.243 e. The van der Waals surface area contributed by atoms with Crippen LogP contribution in [-0.2, 0) is 0 Å². The number of rotatable bonds is 5. The van der Waals surface area contributed by atoms with Crippen molar-refractivity contribution in [2.45, 2.75) is 37.6 Å². The summed E-state index contributed by atoms with van der Waals surface area (Å²) in [5.74, 6) is 0.578. The average Bonchev–Trinajstić information content (AvgIpc) is 2.61. The fraction of sp³-hybridized carbons (Fsp3) is 0.500. The van der Waals surface area contributed by atoms with E-state index >= 15 is 0 Å². The van der Waals surface area contributed by atoms with Gasteiger partial charge in [-0.2, -0.15) is 5.10 Å².